The molecule has 11 nitrogen and oxygen atoms in total. The summed E-state index contributed by atoms with van der Waals surface area (Å²) in [7, 11) is 0. The fraction of sp³-hybridized carbons (Fsp3) is 0.421. The molecule has 1 fully saturated rings. The number of hydrogen-bond donors (Lipinski definition) is 5. The van der Waals surface area contributed by atoms with Gasteiger partial charge in [0.05, 0.1) is 6.61 Å². The largest absolute Gasteiger partial charge is 0.423 e. The van der Waals surface area contributed by atoms with Gasteiger partial charge in [0.2, 0.25) is 12.2 Å². The van der Waals surface area contributed by atoms with Crippen molar-refractivity contribution in [2.45, 2.75) is 44.5 Å². The number of rotatable bonds is 4. The highest BCUT2D eigenvalue weighted by Crippen LogP contribution is 2.24. The van der Waals surface area contributed by atoms with Crippen molar-refractivity contribution < 1.29 is 38.8 Å². The van der Waals surface area contributed by atoms with E-state index in [9.17, 15) is 29.7 Å². The predicted molar refractivity (Wildman–Crippen MR) is 103 cm³/mol. The second-order valence-electron chi connectivity index (χ2n) is 6.92. The maximum Gasteiger partial charge on any atom is 0.414 e. The number of carbonyl (C=O) groups is 2. The predicted octanol–water partition coefficient (Wildman–Crippen LogP) is -0.406. The molecule has 2 heterocycles. The molecule has 1 saturated heterocycles. The third kappa shape index (κ3) is 4.60. The summed E-state index contributed by atoms with van der Waals surface area (Å²) in [5.74, 6) is -0.550. The summed E-state index contributed by atoms with van der Waals surface area (Å²) in [6.45, 7) is 2.29. The third-order valence-corrected chi connectivity index (χ3v) is 4.67. The van der Waals surface area contributed by atoms with Gasteiger partial charge in [-0.05, 0) is 24.6 Å². The molecule has 0 radical (unpaired) electrons. The van der Waals surface area contributed by atoms with Crippen molar-refractivity contribution in [2.24, 2.45) is 0 Å². The van der Waals surface area contributed by atoms with Crippen LogP contribution in [0.4, 0.5) is 10.5 Å². The zero-order valence-corrected chi connectivity index (χ0v) is 16.2. The number of ether oxygens (including phenoxy) is 2. The Morgan fingerprint density at radius 2 is 1.93 bits per heavy atom. The van der Waals surface area contributed by atoms with Gasteiger partial charge in [-0.15, -0.1) is 0 Å². The molecule has 0 aliphatic carbocycles. The lowest BCUT2D eigenvalue weighted by Gasteiger charge is -2.41. The van der Waals surface area contributed by atoms with E-state index in [1.54, 1.807) is 19.1 Å². The lowest BCUT2D eigenvalue weighted by Crippen LogP contribution is -2.65. The molecule has 1 aromatic heterocycles. The Bertz CT molecular complexity index is 1010. The molecule has 5 atom stereocenters. The van der Waals surface area contributed by atoms with Crippen LogP contribution in [0.3, 0.4) is 0 Å². The number of nitrogens with one attached hydrogen (secondary N) is 2. The maximum atomic E-state index is 12.3. The Kier molecular flexibility index (Phi) is 6.37. The average molecular weight is 422 g/mol. The summed E-state index contributed by atoms with van der Waals surface area (Å²) in [4.78, 5) is 35.3. The highest BCUT2D eigenvalue weighted by Gasteiger charge is 2.46. The van der Waals surface area contributed by atoms with Gasteiger partial charge in [-0.3, -0.25) is 10.1 Å². The number of fused-ring (bicyclic) bond motifs is 1. The standard InChI is InChI=1S/C19H22N2O9/c1-8-5-14(24)28-12-6-10(3-4-11(8)12)21-19(27)30-18-15(20-9(2)23)17(26)16(25)13(7-22)29-18/h3-6,13,15-18,22,25-26H,7H2,1-2H3,(H,20,23)(H,21,27)/t13-,15-,16-,17-,18+/m1/s1. The van der Waals surface area contributed by atoms with E-state index in [1.165, 1.54) is 19.1 Å². The van der Waals surface area contributed by atoms with Crippen molar-refractivity contribution in [2.75, 3.05) is 11.9 Å². The SMILES string of the molecule is CC(=O)N[C@H]1[C@H](OC(=O)Nc2ccc3c(C)cc(=O)oc3c2)O[C@H](CO)[C@@H](O)[C@@H]1O. The maximum absolute atomic E-state index is 12.3. The molecule has 2 amide bonds. The minimum Gasteiger partial charge on any atom is -0.423 e. The minimum atomic E-state index is -1.55. The molecule has 1 aliphatic heterocycles. The molecule has 0 saturated carbocycles. The van der Waals surface area contributed by atoms with Crippen LogP contribution in [0, 0.1) is 6.92 Å². The van der Waals surface area contributed by atoms with Crippen molar-refractivity contribution in [1.29, 1.82) is 0 Å². The fourth-order valence-corrected chi connectivity index (χ4v) is 3.23. The highest BCUT2D eigenvalue weighted by atomic mass is 16.7. The Balaban J connectivity index is 1.76. The van der Waals surface area contributed by atoms with Gasteiger partial charge < -0.3 is 34.5 Å². The molecule has 0 bridgehead atoms. The summed E-state index contributed by atoms with van der Waals surface area (Å²) in [5, 5.41) is 35.0. The number of aryl methyl sites for hydroxylation is 1. The van der Waals surface area contributed by atoms with Crippen LogP contribution in [-0.2, 0) is 14.3 Å². The van der Waals surface area contributed by atoms with Crippen LogP contribution in [0.1, 0.15) is 12.5 Å². The lowest BCUT2D eigenvalue weighted by molar-refractivity contribution is -0.251. The van der Waals surface area contributed by atoms with Crippen LogP contribution in [-0.4, -0.2) is 64.6 Å². The zero-order chi connectivity index (χ0) is 22.0. The van der Waals surface area contributed by atoms with Crippen molar-refractivity contribution in [1.82, 2.24) is 5.32 Å². The Morgan fingerprint density at radius 3 is 2.60 bits per heavy atom. The zero-order valence-electron chi connectivity index (χ0n) is 16.2. The van der Waals surface area contributed by atoms with E-state index in [1.807, 2.05) is 0 Å². The summed E-state index contributed by atoms with van der Waals surface area (Å²) < 4.78 is 15.6. The molecule has 0 unspecified atom stereocenters. The summed E-state index contributed by atoms with van der Waals surface area (Å²) in [5.41, 5.74) is 0.706. The number of benzene rings is 1. The van der Waals surface area contributed by atoms with Gasteiger partial charge in [0.1, 0.15) is 29.9 Å². The van der Waals surface area contributed by atoms with Gasteiger partial charge in [-0.25, -0.2) is 9.59 Å². The molecule has 1 aromatic carbocycles. The van der Waals surface area contributed by atoms with Crippen LogP contribution in [0.15, 0.2) is 33.5 Å². The molecule has 0 spiro atoms. The second-order valence-corrected chi connectivity index (χ2v) is 6.92. The molecule has 1 aliphatic rings. The minimum absolute atomic E-state index is 0.257. The average Bonchev–Trinajstić information content (AvgIpc) is 2.66. The summed E-state index contributed by atoms with van der Waals surface area (Å²) in [6, 6.07) is 4.75. The van der Waals surface area contributed by atoms with Gasteiger partial charge in [0, 0.05) is 30.1 Å². The van der Waals surface area contributed by atoms with E-state index in [0.717, 1.165) is 0 Å². The quantitative estimate of drug-likeness (QED) is 0.412. The second kappa shape index (κ2) is 8.79. The van der Waals surface area contributed by atoms with Crippen LogP contribution in [0.2, 0.25) is 0 Å². The summed E-state index contributed by atoms with van der Waals surface area (Å²) >= 11 is 0. The molecule has 5 N–H and O–H groups in total. The van der Waals surface area contributed by atoms with Crippen molar-refractivity contribution >= 4 is 28.7 Å². The Morgan fingerprint density at radius 1 is 1.20 bits per heavy atom. The molecule has 30 heavy (non-hydrogen) atoms. The molecule has 3 rings (SSSR count). The molecule has 162 valence electrons. The van der Waals surface area contributed by atoms with Crippen LogP contribution >= 0.6 is 0 Å². The monoisotopic (exact) mass is 422 g/mol. The molecular formula is C19H22N2O9. The topological polar surface area (TPSA) is 168 Å². The number of amides is 2. The number of anilines is 1. The Labute approximate surface area is 170 Å². The normalized spacial score (nSPS) is 26.2. The lowest BCUT2D eigenvalue weighted by atomic mass is 9.97. The van der Waals surface area contributed by atoms with Crippen LogP contribution in [0.5, 0.6) is 0 Å². The van der Waals surface area contributed by atoms with Gasteiger partial charge in [-0.2, -0.15) is 0 Å². The first-order valence-electron chi connectivity index (χ1n) is 9.11. The van der Waals surface area contributed by atoms with Gasteiger partial charge >= 0.3 is 11.7 Å². The van der Waals surface area contributed by atoms with Gasteiger partial charge in [0.25, 0.3) is 0 Å². The summed E-state index contributed by atoms with van der Waals surface area (Å²) in [6.07, 6.45) is -6.74. The molecular weight excluding hydrogens is 400 g/mol. The number of hydrogen-bond acceptors (Lipinski definition) is 9. The molecule has 2 aromatic rings. The van der Waals surface area contributed by atoms with E-state index in [-0.39, 0.29) is 11.3 Å². The van der Waals surface area contributed by atoms with Crippen molar-refractivity contribution in [3.05, 3.63) is 40.2 Å². The van der Waals surface area contributed by atoms with Crippen LogP contribution < -0.4 is 16.3 Å². The van der Waals surface area contributed by atoms with Crippen molar-refractivity contribution in [3.63, 3.8) is 0 Å². The van der Waals surface area contributed by atoms with E-state index >= 15 is 0 Å². The van der Waals surface area contributed by atoms with Gasteiger partial charge in [0.15, 0.2) is 0 Å². The van der Waals surface area contributed by atoms with Crippen molar-refractivity contribution in [3.8, 4) is 0 Å². The van der Waals surface area contributed by atoms with E-state index < -0.39 is 54.9 Å². The number of aliphatic hydroxyl groups is 3. The van der Waals surface area contributed by atoms with E-state index in [2.05, 4.69) is 10.6 Å². The first kappa shape index (κ1) is 21.7. The smallest absolute Gasteiger partial charge is 0.414 e. The third-order valence-electron chi connectivity index (χ3n) is 4.67. The molecule has 11 heteroatoms. The van der Waals surface area contributed by atoms with Gasteiger partial charge in [-0.1, -0.05) is 0 Å². The first-order chi connectivity index (χ1) is 14.2. The fourth-order valence-electron chi connectivity index (χ4n) is 3.23. The van der Waals surface area contributed by atoms with E-state index in [4.69, 9.17) is 13.9 Å². The number of aliphatic hydroxyl groups excluding tert-OH is 3. The first-order valence-corrected chi connectivity index (χ1v) is 9.11. The highest BCUT2D eigenvalue weighted by molar-refractivity contribution is 5.90. The number of carbonyl (C=O) groups excluding carboxylic acids is 2. The Hall–Kier alpha value is -2.99. The van der Waals surface area contributed by atoms with E-state index in [0.29, 0.717) is 10.9 Å². The van der Waals surface area contributed by atoms with Crippen LogP contribution in [0.25, 0.3) is 11.0 Å².